The van der Waals surface area contributed by atoms with Gasteiger partial charge in [-0.3, -0.25) is 9.59 Å². The molecule has 0 spiro atoms. The number of unbranched alkanes of at least 4 members (excludes halogenated alkanes) is 28. The van der Waals surface area contributed by atoms with Crippen molar-refractivity contribution in [1.82, 2.24) is 0 Å². The largest absolute Gasteiger partial charge is 0.477 e. The minimum atomic E-state index is -1.51. The molecule has 2 unspecified atom stereocenters. The lowest BCUT2D eigenvalue weighted by Gasteiger charge is -2.25. The number of likely N-dealkylation sites (N-methyl/N-ethyl adjacent to an activating group) is 1. The number of hydrogen-bond donors (Lipinski definition) is 1. The second kappa shape index (κ2) is 57.6. The molecule has 0 saturated carbocycles. The van der Waals surface area contributed by atoms with Gasteiger partial charge in [0.1, 0.15) is 13.2 Å². The van der Waals surface area contributed by atoms with Crippen LogP contribution in [-0.2, 0) is 33.3 Å². The molecule has 0 aliphatic rings. The van der Waals surface area contributed by atoms with Gasteiger partial charge in [-0.2, -0.15) is 0 Å². The first-order valence-corrected chi connectivity index (χ1v) is 31.3. The summed E-state index contributed by atoms with van der Waals surface area (Å²) in [6, 6.07) is 0. The molecule has 0 fully saturated rings. The molecular formula is C67H118NO8+. The lowest BCUT2D eigenvalue weighted by molar-refractivity contribution is -0.870. The van der Waals surface area contributed by atoms with Crippen molar-refractivity contribution in [3.05, 3.63) is 85.1 Å². The molecule has 438 valence electrons. The van der Waals surface area contributed by atoms with Crippen LogP contribution in [0.2, 0.25) is 0 Å². The molecule has 0 rings (SSSR count). The fourth-order valence-electron chi connectivity index (χ4n) is 8.64. The zero-order valence-corrected chi connectivity index (χ0v) is 49.9. The average molecular weight is 1070 g/mol. The van der Waals surface area contributed by atoms with Crippen LogP contribution in [0.4, 0.5) is 0 Å². The van der Waals surface area contributed by atoms with Crippen LogP contribution >= 0.6 is 0 Å². The molecule has 0 aromatic heterocycles. The van der Waals surface area contributed by atoms with Crippen LogP contribution in [0.3, 0.4) is 0 Å². The molecule has 2 atom stereocenters. The number of aliphatic carboxylic acids is 1. The number of rotatable bonds is 57. The van der Waals surface area contributed by atoms with E-state index < -0.39 is 24.3 Å². The van der Waals surface area contributed by atoms with E-state index in [2.05, 4.69) is 98.9 Å². The minimum Gasteiger partial charge on any atom is -0.477 e. The van der Waals surface area contributed by atoms with E-state index in [1.165, 1.54) is 154 Å². The number of carboxylic acid groups (broad SMARTS) is 1. The fourth-order valence-corrected chi connectivity index (χ4v) is 8.64. The number of nitrogens with zero attached hydrogens (tertiary/aromatic N) is 1. The molecule has 1 N–H and O–H groups in total. The van der Waals surface area contributed by atoms with E-state index in [4.69, 9.17) is 18.9 Å². The maximum atomic E-state index is 12.9. The third-order valence-electron chi connectivity index (χ3n) is 13.4. The number of hydrogen-bond acceptors (Lipinski definition) is 7. The number of allylic oxidation sites excluding steroid dienone is 14. The van der Waals surface area contributed by atoms with E-state index >= 15 is 0 Å². The Hall–Kier alpha value is -3.53. The van der Waals surface area contributed by atoms with E-state index in [0.717, 1.165) is 83.5 Å². The van der Waals surface area contributed by atoms with E-state index in [1.807, 2.05) is 21.1 Å². The lowest BCUT2D eigenvalue weighted by Crippen LogP contribution is -2.40. The quantitative estimate of drug-likeness (QED) is 0.0211. The van der Waals surface area contributed by atoms with E-state index in [-0.39, 0.29) is 32.2 Å². The van der Waals surface area contributed by atoms with Crippen molar-refractivity contribution in [1.29, 1.82) is 0 Å². The van der Waals surface area contributed by atoms with Gasteiger partial charge in [-0.15, -0.1) is 0 Å². The summed E-state index contributed by atoms with van der Waals surface area (Å²) in [5.74, 6) is -2.00. The van der Waals surface area contributed by atoms with Crippen LogP contribution in [-0.4, -0.2) is 87.4 Å². The number of carbonyl (C=O) groups is 3. The highest BCUT2D eigenvalue weighted by molar-refractivity contribution is 5.71. The van der Waals surface area contributed by atoms with Crippen molar-refractivity contribution in [3.63, 3.8) is 0 Å². The summed E-state index contributed by atoms with van der Waals surface area (Å²) in [4.78, 5) is 37.4. The first-order valence-electron chi connectivity index (χ1n) is 31.3. The van der Waals surface area contributed by atoms with Crippen LogP contribution in [0, 0.1) is 0 Å². The summed E-state index contributed by atoms with van der Waals surface area (Å²) >= 11 is 0. The summed E-state index contributed by atoms with van der Waals surface area (Å²) < 4.78 is 22.9. The Kier molecular flexibility index (Phi) is 55.0. The summed E-state index contributed by atoms with van der Waals surface area (Å²) in [5, 5.41) is 9.70. The maximum absolute atomic E-state index is 12.9. The predicted molar refractivity (Wildman–Crippen MR) is 322 cm³/mol. The van der Waals surface area contributed by atoms with Gasteiger partial charge in [-0.1, -0.05) is 266 Å². The molecular weight excluding hydrogens is 947 g/mol. The molecule has 0 aromatic rings. The van der Waals surface area contributed by atoms with Crippen LogP contribution in [0.1, 0.15) is 264 Å². The molecule has 9 nitrogen and oxygen atoms in total. The highest BCUT2D eigenvalue weighted by Gasteiger charge is 2.25. The SMILES string of the molecule is CC/C=C\C/C=C\C/C=C\C/C=C\C/C=C\C/C=C\C/C=C\CCCCCCCCCCCCCCCCCC(=O)OC(COC(=O)CCCCCCCCCCCCCCCC)COC(OCC[N+](C)(C)C)C(=O)O. The van der Waals surface area contributed by atoms with Gasteiger partial charge in [0.15, 0.2) is 6.10 Å². The van der Waals surface area contributed by atoms with Gasteiger partial charge in [0.25, 0.3) is 6.29 Å². The summed E-state index contributed by atoms with van der Waals surface area (Å²) in [6.07, 6.45) is 73.9. The van der Waals surface area contributed by atoms with Gasteiger partial charge >= 0.3 is 17.9 Å². The molecule has 0 bridgehead atoms. The van der Waals surface area contributed by atoms with Crippen molar-refractivity contribution in [2.45, 2.75) is 277 Å². The molecule has 0 radical (unpaired) electrons. The summed E-state index contributed by atoms with van der Waals surface area (Å²) in [5.41, 5.74) is 0. The minimum absolute atomic E-state index is 0.180. The van der Waals surface area contributed by atoms with Crippen LogP contribution in [0.15, 0.2) is 85.1 Å². The van der Waals surface area contributed by atoms with Crippen LogP contribution in [0.25, 0.3) is 0 Å². The predicted octanol–water partition coefficient (Wildman–Crippen LogP) is 18.7. The normalized spacial score (nSPS) is 13.3. The monoisotopic (exact) mass is 1060 g/mol. The number of quaternary nitrogens is 1. The van der Waals surface area contributed by atoms with Gasteiger partial charge in [0.05, 0.1) is 34.4 Å². The van der Waals surface area contributed by atoms with Crippen molar-refractivity contribution >= 4 is 17.9 Å². The third kappa shape index (κ3) is 58.2. The van der Waals surface area contributed by atoms with Gasteiger partial charge in [-0.05, 0) is 70.6 Å². The van der Waals surface area contributed by atoms with Crippen LogP contribution in [0.5, 0.6) is 0 Å². The molecule has 0 aromatic carbocycles. The third-order valence-corrected chi connectivity index (χ3v) is 13.4. The number of ether oxygens (including phenoxy) is 4. The maximum Gasteiger partial charge on any atom is 0.361 e. The molecule has 0 aliphatic carbocycles. The Morgan fingerprint density at radius 1 is 0.408 bits per heavy atom. The highest BCUT2D eigenvalue weighted by Crippen LogP contribution is 2.17. The Morgan fingerprint density at radius 3 is 1.12 bits per heavy atom. The van der Waals surface area contributed by atoms with Gasteiger partial charge < -0.3 is 28.5 Å². The first kappa shape index (κ1) is 72.5. The second-order valence-corrected chi connectivity index (χ2v) is 22.0. The molecule has 9 heteroatoms. The Labute approximate surface area is 468 Å². The lowest BCUT2D eigenvalue weighted by atomic mass is 10.0. The molecule has 0 aliphatic heterocycles. The van der Waals surface area contributed by atoms with Crippen molar-refractivity contribution in [2.24, 2.45) is 0 Å². The first-order chi connectivity index (χ1) is 37.1. The highest BCUT2D eigenvalue weighted by atomic mass is 16.7. The number of carboxylic acids is 1. The second-order valence-electron chi connectivity index (χ2n) is 22.0. The van der Waals surface area contributed by atoms with E-state index in [9.17, 15) is 19.5 Å². The summed E-state index contributed by atoms with van der Waals surface area (Å²) in [7, 11) is 5.97. The topological polar surface area (TPSA) is 108 Å². The molecule has 76 heavy (non-hydrogen) atoms. The van der Waals surface area contributed by atoms with Gasteiger partial charge in [0, 0.05) is 12.8 Å². The standard InChI is InChI=1S/C67H117NO8/c1-6-8-10-12-14-16-18-20-22-23-24-25-26-27-28-29-30-31-32-33-34-35-36-37-38-39-40-41-42-43-44-46-48-50-52-54-56-58-65(70)76-63(62-75-67(66(71)72)73-60-59-68(3,4)5)61-74-64(69)57-55-53-51-49-47-45-21-19-17-15-13-11-9-7-2/h8,10,14,16,20,22,24-25,27-28,30-31,33-34,63,67H,6-7,9,11-13,15,17-19,21,23,26,29,32,35-62H2,1-5H3/p+1/b10-8-,16-14-,22-20-,25-24-,28-27-,31-30-,34-33-. The van der Waals surface area contributed by atoms with Crippen molar-refractivity contribution in [3.8, 4) is 0 Å². The average Bonchev–Trinajstić information content (AvgIpc) is 3.39. The molecule has 0 heterocycles. The van der Waals surface area contributed by atoms with Gasteiger partial charge in [-0.25, -0.2) is 4.79 Å². The zero-order chi connectivity index (χ0) is 55.5. The zero-order valence-electron chi connectivity index (χ0n) is 49.9. The Morgan fingerprint density at radius 2 is 0.750 bits per heavy atom. The van der Waals surface area contributed by atoms with Crippen LogP contribution < -0.4 is 0 Å². The van der Waals surface area contributed by atoms with Crippen molar-refractivity contribution in [2.75, 3.05) is 47.5 Å². The smallest absolute Gasteiger partial charge is 0.361 e. The molecule has 0 saturated heterocycles. The van der Waals surface area contributed by atoms with Crippen molar-refractivity contribution < 1.29 is 42.9 Å². The number of esters is 2. The van der Waals surface area contributed by atoms with E-state index in [1.54, 1.807) is 0 Å². The summed E-state index contributed by atoms with van der Waals surface area (Å²) in [6.45, 7) is 4.78. The molecule has 0 amide bonds. The van der Waals surface area contributed by atoms with Gasteiger partial charge in [0.2, 0.25) is 0 Å². The Bertz CT molecular complexity index is 1520. The fraction of sp³-hybridized carbons (Fsp3) is 0.746. The number of carbonyl (C=O) groups excluding carboxylic acids is 2. The van der Waals surface area contributed by atoms with E-state index in [0.29, 0.717) is 17.4 Å². The Balaban J connectivity index is 4.07.